The monoisotopic (exact) mass is 447 g/mol. The number of morpholine rings is 1. The van der Waals surface area contributed by atoms with Gasteiger partial charge in [-0.2, -0.15) is 4.98 Å². The number of fused-ring (bicyclic) bond motifs is 3. The van der Waals surface area contributed by atoms with Crippen LogP contribution in [0.4, 0.5) is 14.6 Å². The number of hydrogen-bond donors (Lipinski definition) is 1. The van der Waals surface area contributed by atoms with Crippen LogP contribution in [0.1, 0.15) is 12.5 Å². The van der Waals surface area contributed by atoms with E-state index < -0.39 is 23.1 Å². The molecular formula is C21H23F2N5O4. The summed E-state index contributed by atoms with van der Waals surface area (Å²) in [4.78, 5) is 22.3. The number of rotatable bonds is 7. The maximum Gasteiger partial charge on any atom is 0.352 e. The highest BCUT2D eigenvalue weighted by Gasteiger charge is 2.33. The van der Waals surface area contributed by atoms with Crippen LogP contribution in [0.2, 0.25) is 0 Å². The lowest BCUT2D eigenvalue weighted by Gasteiger charge is -2.30. The summed E-state index contributed by atoms with van der Waals surface area (Å²) in [5.74, 6) is -1.65. The summed E-state index contributed by atoms with van der Waals surface area (Å²) < 4.78 is 46.7. The predicted molar refractivity (Wildman–Crippen MR) is 113 cm³/mol. The molecule has 170 valence electrons. The molecule has 4 rings (SSSR count). The van der Waals surface area contributed by atoms with Gasteiger partial charge in [0, 0.05) is 25.4 Å². The van der Waals surface area contributed by atoms with Gasteiger partial charge in [0.2, 0.25) is 5.88 Å². The standard InChI is InChI=1S/C21H23F2N5O4/c1-2-25-9-15(8-24)32-20-16(22)5-13(6-17(20)23)11-31-18-7-19-27-3-4-30-12-14(27)10-28(19)21(29)26-18/h5-9,14H,2-4,10-12,24H2,1H3. The van der Waals surface area contributed by atoms with Crippen molar-refractivity contribution in [2.75, 3.05) is 31.2 Å². The van der Waals surface area contributed by atoms with Crippen molar-refractivity contribution in [2.24, 2.45) is 10.7 Å². The molecule has 2 aliphatic heterocycles. The summed E-state index contributed by atoms with van der Waals surface area (Å²) in [6.45, 7) is 4.35. The van der Waals surface area contributed by atoms with Crippen molar-refractivity contribution in [3.8, 4) is 11.6 Å². The lowest BCUT2D eigenvalue weighted by atomic mass is 10.2. The molecular weight excluding hydrogens is 424 g/mol. The summed E-state index contributed by atoms with van der Waals surface area (Å²) in [6, 6.07) is 3.91. The summed E-state index contributed by atoms with van der Waals surface area (Å²) in [5, 5.41) is 0. The van der Waals surface area contributed by atoms with Crippen molar-refractivity contribution < 1.29 is 23.0 Å². The van der Waals surface area contributed by atoms with E-state index in [1.165, 1.54) is 6.21 Å². The van der Waals surface area contributed by atoms with Crippen molar-refractivity contribution in [3.05, 3.63) is 57.8 Å². The van der Waals surface area contributed by atoms with Crippen LogP contribution in [0, 0.1) is 11.6 Å². The van der Waals surface area contributed by atoms with E-state index in [0.717, 1.165) is 18.3 Å². The average Bonchev–Trinajstić information content (AvgIpc) is 3.16. The predicted octanol–water partition coefficient (Wildman–Crippen LogP) is 1.59. The van der Waals surface area contributed by atoms with Gasteiger partial charge in [0.1, 0.15) is 12.4 Å². The molecule has 0 aliphatic carbocycles. The third-order valence-corrected chi connectivity index (χ3v) is 5.11. The maximum absolute atomic E-state index is 14.5. The van der Waals surface area contributed by atoms with E-state index in [0.29, 0.717) is 38.7 Å². The summed E-state index contributed by atoms with van der Waals surface area (Å²) >= 11 is 0. The quantitative estimate of drug-likeness (QED) is 0.508. The Bertz CT molecular complexity index is 1090. The van der Waals surface area contributed by atoms with Gasteiger partial charge >= 0.3 is 5.69 Å². The highest BCUT2D eigenvalue weighted by atomic mass is 19.1. The van der Waals surface area contributed by atoms with Crippen LogP contribution in [0.25, 0.3) is 0 Å². The number of nitrogens with two attached hydrogens (primary N) is 1. The molecule has 1 unspecified atom stereocenters. The molecule has 1 aromatic heterocycles. The van der Waals surface area contributed by atoms with Crippen LogP contribution in [-0.2, 0) is 17.9 Å². The molecule has 1 aromatic carbocycles. The number of hydrogen-bond acceptors (Lipinski definition) is 8. The highest BCUT2D eigenvalue weighted by Crippen LogP contribution is 2.29. The Labute approximate surface area is 182 Å². The zero-order chi connectivity index (χ0) is 22.7. The fourth-order valence-corrected chi connectivity index (χ4v) is 3.63. The van der Waals surface area contributed by atoms with Gasteiger partial charge in [0.15, 0.2) is 23.1 Å². The molecule has 1 saturated heterocycles. The number of aliphatic imine (C=N–C) groups is 1. The SMILES string of the molecule is CCN=CC(=CN)Oc1c(F)cc(COc2cc3n(c(=O)n2)CC2COCCN32)cc1F. The molecule has 0 amide bonds. The Balaban J connectivity index is 1.49. The smallest absolute Gasteiger partial charge is 0.352 e. The molecule has 1 atom stereocenters. The second-order valence-corrected chi connectivity index (χ2v) is 7.24. The number of ether oxygens (including phenoxy) is 3. The van der Waals surface area contributed by atoms with Crippen molar-refractivity contribution in [3.63, 3.8) is 0 Å². The number of halogens is 2. The van der Waals surface area contributed by atoms with Crippen LogP contribution in [0.3, 0.4) is 0 Å². The van der Waals surface area contributed by atoms with E-state index in [1.54, 1.807) is 17.6 Å². The Morgan fingerprint density at radius 1 is 1.38 bits per heavy atom. The topological polar surface area (TPSA) is 104 Å². The molecule has 3 heterocycles. The molecule has 0 saturated carbocycles. The van der Waals surface area contributed by atoms with Gasteiger partial charge < -0.3 is 24.8 Å². The van der Waals surface area contributed by atoms with E-state index >= 15 is 0 Å². The average molecular weight is 447 g/mol. The van der Waals surface area contributed by atoms with Gasteiger partial charge in [-0.15, -0.1) is 0 Å². The third kappa shape index (κ3) is 4.42. The van der Waals surface area contributed by atoms with E-state index in [9.17, 15) is 13.6 Å². The van der Waals surface area contributed by atoms with Crippen LogP contribution >= 0.6 is 0 Å². The molecule has 0 spiro atoms. The summed E-state index contributed by atoms with van der Waals surface area (Å²) in [5.41, 5.74) is 5.17. The van der Waals surface area contributed by atoms with Crippen LogP contribution in [0.15, 0.2) is 39.9 Å². The van der Waals surface area contributed by atoms with Crippen molar-refractivity contribution in [1.82, 2.24) is 9.55 Å². The largest absolute Gasteiger partial charge is 0.473 e. The van der Waals surface area contributed by atoms with Gasteiger partial charge in [0.05, 0.1) is 32.0 Å². The third-order valence-electron chi connectivity index (χ3n) is 5.11. The minimum absolute atomic E-state index is 0.0119. The number of allylic oxidation sites excluding steroid dienone is 1. The molecule has 11 heteroatoms. The van der Waals surface area contributed by atoms with Gasteiger partial charge in [-0.05, 0) is 24.6 Å². The van der Waals surface area contributed by atoms with E-state index in [2.05, 4.69) is 14.9 Å². The minimum atomic E-state index is -0.925. The van der Waals surface area contributed by atoms with Crippen LogP contribution in [-0.4, -0.2) is 48.1 Å². The summed E-state index contributed by atoms with van der Waals surface area (Å²) in [6.07, 6.45) is 2.35. The van der Waals surface area contributed by atoms with E-state index in [1.807, 2.05) is 0 Å². The minimum Gasteiger partial charge on any atom is -0.473 e. The molecule has 32 heavy (non-hydrogen) atoms. The van der Waals surface area contributed by atoms with Gasteiger partial charge in [-0.25, -0.2) is 13.6 Å². The lowest BCUT2D eigenvalue weighted by molar-refractivity contribution is 0.0956. The number of benzene rings is 1. The van der Waals surface area contributed by atoms with Gasteiger partial charge in [-0.1, -0.05) is 0 Å². The Morgan fingerprint density at radius 3 is 2.88 bits per heavy atom. The fourth-order valence-electron chi connectivity index (χ4n) is 3.63. The summed E-state index contributed by atoms with van der Waals surface area (Å²) in [7, 11) is 0. The highest BCUT2D eigenvalue weighted by molar-refractivity contribution is 5.76. The van der Waals surface area contributed by atoms with E-state index in [4.69, 9.17) is 19.9 Å². The van der Waals surface area contributed by atoms with Crippen LogP contribution in [0.5, 0.6) is 11.6 Å². The van der Waals surface area contributed by atoms with Gasteiger partial charge in [0.25, 0.3) is 0 Å². The first kappa shape index (κ1) is 21.8. The zero-order valence-electron chi connectivity index (χ0n) is 17.5. The molecule has 2 aliphatic rings. The van der Waals surface area contributed by atoms with Crippen molar-refractivity contribution in [1.29, 1.82) is 0 Å². The van der Waals surface area contributed by atoms with Crippen molar-refractivity contribution >= 4 is 12.0 Å². The molecule has 0 bridgehead atoms. The maximum atomic E-state index is 14.5. The fraction of sp³-hybridized carbons (Fsp3) is 0.381. The van der Waals surface area contributed by atoms with Crippen molar-refractivity contribution in [2.45, 2.75) is 26.1 Å². The van der Waals surface area contributed by atoms with Gasteiger partial charge in [-0.3, -0.25) is 9.56 Å². The molecule has 2 aromatic rings. The number of nitrogens with zero attached hydrogens (tertiary/aromatic N) is 4. The second-order valence-electron chi connectivity index (χ2n) is 7.24. The second kappa shape index (κ2) is 9.35. The first-order valence-electron chi connectivity index (χ1n) is 10.2. The number of anilines is 1. The first-order chi connectivity index (χ1) is 15.5. The normalized spacial score (nSPS) is 18.0. The first-order valence-corrected chi connectivity index (χ1v) is 10.2. The van der Waals surface area contributed by atoms with E-state index in [-0.39, 0.29) is 29.9 Å². The van der Waals surface area contributed by atoms with Crippen LogP contribution < -0.4 is 25.8 Å². The Kier molecular flexibility index (Phi) is 6.35. The Morgan fingerprint density at radius 2 is 2.16 bits per heavy atom. The Hall–Kier alpha value is -3.47. The zero-order valence-corrected chi connectivity index (χ0v) is 17.5. The molecule has 0 radical (unpaired) electrons. The number of aromatic nitrogens is 2. The molecule has 9 nitrogen and oxygen atoms in total. The lowest BCUT2D eigenvalue weighted by Crippen LogP contribution is -2.43. The molecule has 2 N–H and O–H groups in total. The molecule has 1 fully saturated rings.